The topological polar surface area (TPSA) is 44.8 Å². The molecule has 0 saturated heterocycles. The molecule has 1 fully saturated rings. The lowest BCUT2D eigenvalue weighted by Crippen LogP contribution is -2.40. The first-order chi connectivity index (χ1) is 32.2. The molecule has 5 nitrogen and oxygen atoms in total. The Hall–Kier alpha value is -5.81. The first-order valence-corrected chi connectivity index (χ1v) is 25.4. The van der Waals surface area contributed by atoms with Crippen LogP contribution >= 0.6 is 0 Å². The fraction of sp³-hybridized carbons (Fsp3) is 0.393. The van der Waals surface area contributed by atoms with Gasteiger partial charge in [0.25, 0.3) is 0 Å². The van der Waals surface area contributed by atoms with Crippen molar-refractivity contribution in [3.05, 3.63) is 172 Å². The van der Waals surface area contributed by atoms with Crippen LogP contribution in [0.5, 0.6) is 0 Å². The van der Waals surface area contributed by atoms with Crippen LogP contribution in [0.25, 0.3) is 10.8 Å². The van der Waals surface area contributed by atoms with E-state index in [0.29, 0.717) is 5.57 Å². The molecule has 5 heteroatoms. The number of benzene rings is 6. The highest BCUT2D eigenvalue weighted by molar-refractivity contribution is 5.97. The van der Waals surface area contributed by atoms with Gasteiger partial charge in [0.15, 0.2) is 0 Å². The molecule has 0 aliphatic heterocycles. The summed E-state index contributed by atoms with van der Waals surface area (Å²) < 4.78 is 6.02. The Labute approximate surface area is 397 Å². The first kappa shape index (κ1) is 48.1. The third kappa shape index (κ3) is 10.7. The van der Waals surface area contributed by atoms with E-state index in [4.69, 9.17) is 4.74 Å². The molecule has 0 radical (unpaired) electrons. The van der Waals surface area contributed by atoms with E-state index in [2.05, 4.69) is 185 Å². The van der Waals surface area contributed by atoms with E-state index >= 15 is 0 Å². The zero-order chi connectivity index (χ0) is 46.6. The molecule has 1 aliphatic rings. The molecule has 0 bridgehead atoms. The van der Waals surface area contributed by atoms with Crippen LogP contribution in [0.15, 0.2) is 133 Å². The lowest BCUT2D eigenvalue weighted by atomic mass is 9.82. The number of nitrogens with one attached hydrogen (secondary N) is 1. The summed E-state index contributed by atoms with van der Waals surface area (Å²) in [6.45, 7) is 21.2. The molecular weight excluding hydrogens is 807 g/mol. The molecule has 1 aliphatic carbocycles. The van der Waals surface area contributed by atoms with Crippen molar-refractivity contribution in [2.24, 2.45) is 0 Å². The van der Waals surface area contributed by atoms with Crippen molar-refractivity contribution in [3.63, 3.8) is 0 Å². The molecule has 6 aromatic carbocycles. The molecule has 6 aromatic rings. The maximum Gasteiger partial charge on any atom is 0.333 e. The Bertz CT molecular complexity index is 2380. The van der Waals surface area contributed by atoms with Gasteiger partial charge in [-0.2, -0.15) is 0 Å². The number of unbranched alkanes of at least 4 members (excludes halogenated alkanes) is 2. The highest BCUT2D eigenvalue weighted by atomic mass is 16.5. The van der Waals surface area contributed by atoms with Crippen molar-refractivity contribution in [3.8, 4) is 0 Å². The summed E-state index contributed by atoms with van der Waals surface area (Å²) >= 11 is 0. The number of para-hydroxylation sites is 2. The van der Waals surface area contributed by atoms with Gasteiger partial charge >= 0.3 is 5.97 Å². The number of rotatable bonds is 21. The zero-order valence-electron chi connectivity index (χ0n) is 41.1. The monoisotopic (exact) mass is 882 g/mol. The van der Waals surface area contributed by atoms with Crippen molar-refractivity contribution in [2.45, 2.75) is 144 Å². The minimum atomic E-state index is -0.309. The Morgan fingerprint density at radius 2 is 1.08 bits per heavy atom. The van der Waals surface area contributed by atoms with Gasteiger partial charge in [-0.15, -0.1) is 0 Å². The maximum absolute atomic E-state index is 12.7. The number of fused-ring (bicyclic) bond motifs is 1. The van der Waals surface area contributed by atoms with Gasteiger partial charge in [-0.25, -0.2) is 4.79 Å². The smallest absolute Gasteiger partial charge is 0.333 e. The number of esters is 1. The summed E-state index contributed by atoms with van der Waals surface area (Å²) in [5, 5.41) is 6.28. The van der Waals surface area contributed by atoms with Crippen LogP contribution in [0, 0.1) is 0 Å². The number of hydrogen-bond acceptors (Lipinski definition) is 5. The molecule has 1 N–H and O–H groups in total. The second kappa shape index (κ2) is 23.1. The number of nitrogens with zero attached hydrogens (tertiary/aromatic N) is 2. The van der Waals surface area contributed by atoms with Crippen LogP contribution in [0.1, 0.15) is 145 Å². The molecular formula is C61H75N3O2. The Morgan fingerprint density at radius 1 is 0.606 bits per heavy atom. The first-order valence-electron chi connectivity index (χ1n) is 25.4. The molecule has 7 rings (SSSR count). The van der Waals surface area contributed by atoms with E-state index in [1.807, 2.05) is 0 Å². The molecule has 0 aromatic heterocycles. The highest BCUT2D eigenvalue weighted by Crippen LogP contribution is 2.42. The molecule has 2 atom stereocenters. The largest absolute Gasteiger partial charge is 0.457 e. The van der Waals surface area contributed by atoms with Gasteiger partial charge in [0.2, 0.25) is 0 Å². The average Bonchev–Trinajstić information content (AvgIpc) is 3.36. The second-order valence-electron chi connectivity index (χ2n) is 18.4. The van der Waals surface area contributed by atoms with E-state index in [9.17, 15) is 4.79 Å². The number of anilines is 5. The quantitative estimate of drug-likeness (QED) is 0.0443. The number of aryl methyl sites for hydroxylation is 4. The predicted molar refractivity (Wildman–Crippen MR) is 283 cm³/mol. The Kier molecular flexibility index (Phi) is 16.8. The van der Waals surface area contributed by atoms with Crippen LogP contribution in [-0.4, -0.2) is 31.2 Å². The summed E-state index contributed by atoms with van der Waals surface area (Å²) in [6, 6.07) is 46.1. The average molecular weight is 882 g/mol. The SMILES string of the molecule is C=C(C)C(=O)OC1CCCCC1Nc1ccc(C(c2ccc(N(CCCC)c3c(CC)cccc3CC)cc2)c2ccc(N(CCCC)c3c(CC)cccc3CC)cc2)c2ccccc12. The summed E-state index contributed by atoms with van der Waals surface area (Å²) in [7, 11) is 0. The van der Waals surface area contributed by atoms with Crippen LogP contribution in [0.3, 0.4) is 0 Å². The lowest BCUT2D eigenvalue weighted by Gasteiger charge is -2.33. The van der Waals surface area contributed by atoms with E-state index in [0.717, 1.165) is 95.8 Å². The fourth-order valence-corrected chi connectivity index (χ4v) is 10.3. The Morgan fingerprint density at radius 3 is 1.53 bits per heavy atom. The van der Waals surface area contributed by atoms with Crippen molar-refractivity contribution in [2.75, 3.05) is 28.2 Å². The van der Waals surface area contributed by atoms with Crippen molar-refractivity contribution >= 4 is 45.2 Å². The number of ether oxygens (including phenoxy) is 1. The predicted octanol–water partition coefficient (Wildman–Crippen LogP) is 16.0. The highest BCUT2D eigenvalue weighted by Gasteiger charge is 2.30. The standard InChI is InChI=1S/C61H75N3O2/c1-9-15-41-63(59-44(11-3)23-21-24-45(59)12-4)50-35-31-48(32-36-50)58(49-33-37-51(38-34-49)64(42-16-10-2)60-46(13-5)25-22-26-47(60)14-6)54-39-40-55(53-28-18-17-27-52(53)54)62-56-29-19-20-30-57(56)66-61(65)43(7)8/h17-18,21-28,31-40,56-58,62H,7,9-16,19-20,29-30,41-42H2,1-6,8H3. The van der Waals surface area contributed by atoms with E-state index in [-0.39, 0.29) is 24.0 Å². The molecule has 346 valence electrons. The molecule has 0 spiro atoms. The van der Waals surface area contributed by atoms with E-state index < -0.39 is 0 Å². The van der Waals surface area contributed by atoms with Gasteiger partial charge in [-0.05, 0) is 139 Å². The van der Waals surface area contributed by atoms with Crippen LogP contribution < -0.4 is 15.1 Å². The number of carbonyl (C=O) groups is 1. The van der Waals surface area contributed by atoms with Crippen LogP contribution in [-0.2, 0) is 35.2 Å². The molecule has 0 amide bonds. The van der Waals surface area contributed by atoms with E-state index in [1.165, 1.54) is 72.5 Å². The Balaban J connectivity index is 1.34. The van der Waals surface area contributed by atoms with Crippen LogP contribution in [0.2, 0.25) is 0 Å². The summed E-state index contributed by atoms with van der Waals surface area (Å²) in [4.78, 5) is 17.9. The third-order valence-electron chi connectivity index (χ3n) is 13.9. The van der Waals surface area contributed by atoms with Crippen LogP contribution in [0.4, 0.5) is 28.4 Å². The number of hydrogen-bond donors (Lipinski definition) is 1. The van der Waals surface area contributed by atoms with Gasteiger partial charge in [0.05, 0.1) is 6.04 Å². The van der Waals surface area contributed by atoms with Crippen molar-refractivity contribution in [1.29, 1.82) is 0 Å². The van der Waals surface area contributed by atoms with E-state index in [1.54, 1.807) is 6.92 Å². The van der Waals surface area contributed by atoms with Gasteiger partial charge in [-0.3, -0.25) is 0 Å². The lowest BCUT2D eigenvalue weighted by molar-refractivity contribution is -0.146. The fourth-order valence-electron chi connectivity index (χ4n) is 10.3. The van der Waals surface area contributed by atoms with Gasteiger partial charge in [0, 0.05) is 58.4 Å². The molecule has 2 unspecified atom stereocenters. The van der Waals surface area contributed by atoms with Crippen molar-refractivity contribution < 1.29 is 9.53 Å². The van der Waals surface area contributed by atoms with Gasteiger partial charge in [-0.1, -0.05) is 158 Å². The number of carbonyl (C=O) groups excluding carboxylic acids is 1. The van der Waals surface area contributed by atoms with Crippen molar-refractivity contribution in [1.82, 2.24) is 0 Å². The maximum atomic E-state index is 12.7. The minimum absolute atomic E-state index is 0.0237. The summed E-state index contributed by atoms with van der Waals surface area (Å²) in [6.07, 6.45) is 12.3. The third-order valence-corrected chi connectivity index (χ3v) is 13.9. The molecule has 66 heavy (non-hydrogen) atoms. The summed E-state index contributed by atoms with van der Waals surface area (Å²) in [5.41, 5.74) is 16.2. The minimum Gasteiger partial charge on any atom is -0.457 e. The second-order valence-corrected chi connectivity index (χ2v) is 18.4. The zero-order valence-corrected chi connectivity index (χ0v) is 41.1. The van der Waals surface area contributed by atoms with Gasteiger partial charge < -0.3 is 19.9 Å². The molecule has 0 heterocycles. The van der Waals surface area contributed by atoms with Gasteiger partial charge in [0.1, 0.15) is 6.10 Å². The molecule has 1 saturated carbocycles. The normalized spacial score (nSPS) is 14.9. The summed E-state index contributed by atoms with van der Waals surface area (Å²) in [5.74, 6) is -0.334.